The Balaban J connectivity index is 2.70. The minimum atomic E-state index is -0.598. The second kappa shape index (κ2) is 1.99. The van der Waals surface area contributed by atoms with Gasteiger partial charge in [0.15, 0.2) is 0 Å². The second-order valence-corrected chi connectivity index (χ2v) is 2.84. The molecule has 1 rings (SSSR count). The zero-order chi connectivity index (χ0) is 6.91. The first-order valence-corrected chi connectivity index (χ1v) is 3.18. The van der Waals surface area contributed by atoms with Gasteiger partial charge in [-0.3, -0.25) is 0 Å². The van der Waals surface area contributed by atoms with Crippen LogP contribution >= 0.6 is 0 Å². The Hall–Kier alpha value is -0.560. The monoisotopic (exact) mass is 124 g/mol. The topological polar surface area (TPSA) is 20.2 Å². The van der Waals surface area contributed by atoms with Gasteiger partial charge in [0.1, 0.15) is 0 Å². The van der Waals surface area contributed by atoms with Gasteiger partial charge in [0.05, 0.1) is 5.60 Å². The molecule has 0 fully saturated rings. The van der Waals surface area contributed by atoms with Crippen molar-refractivity contribution in [2.24, 2.45) is 0 Å². The number of aliphatic hydroxyl groups is 1. The summed E-state index contributed by atoms with van der Waals surface area (Å²) in [5.74, 6) is 0. The van der Waals surface area contributed by atoms with Crippen molar-refractivity contribution in [3.8, 4) is 0 Å². The molecular formula is C8H12O. The van der Waals surface area contributed by atoms with Crippen molar-refractivity contribution >= 4 is 0 Å². The van der Waals surface area contributed by atoms with E-state index in [0.717, 1.165) is 6.42 Å². The summed E-state index contributed by atoms with van der Waals surface area (Å²) in [6, 6.07) is 0. The third-order valence-electron chi connectivity index (χ3n) is 1.54. The largest absolute Gasteiger partial charge is 0.386 e. The van der Waals surface area contributed by atoms with Gasteiger partial charge in [-0.25, -0.2) is 0 Å². The molecule has 0 unspecified atom stereocenters. The van der Waals surface area contributed by atoms with Crippen LogP contribution in [-0.4, -0.2) is 10.7 Å². The van der Waals surface area contributed by atoms with Crippen molar-refractivity contribution < 1.29 is 5.11 Å². The summed E-state index contributed by atoms with van der Waals surface area (Å²) in [5, 5.41) is 9.36. The Labute approximate surface area is 55.7 Å². The highest BCUT2D eigenvalue weighted by Crippen LogP contribution is 2.18. The van der Waals surface area contributed by atoms with E-state index < -0.39 is 5.60 Å². The van der Waals surface area contributed by atoms with Crippen LogP contribution in [0.3, 0.4) is 0 Å². The molecule has 0 aromatic heterocycles. The van der Waals surface area contributed by atoms with Gasteiger partial charge in [-0.1, -0.05) is 23.8 Å². The van der Waals surface area contributed by atoms with E-state index in [9.17, 15) is 5.11 Å². The van der Waals surface area contributed by atoms with Crippen LogP contribution in [0.4, 0.5) is 0 Å². The number of hydrogen-bond donors (Lipinski definition) is 1. The molecule has 1 aliphatic rings. The quantitative estimate of drug-likeness (QED) is 0.520. The molecule has 0 saturated carbocycles. The summed E-state index contributed by atoms with van der Waals surface area (Å²) in [7, 11) is 0. The lowest BCUT2D eigenvalue weighted by molar-refractivity contribution is 0.113. The van der Waals surface area contributed by atoms with E-state index >= 15 is 0 Å². The second-order valence-electron chi connectivity index (χ2n) is 2.84. The summed E-state index contributed by atoms with van der Waals surface area (Å²) < 4.78 is 0. The Morgan fingerprint density at radius 3 is 2.67 bits per heavy atom. The average molecular weight is 124 g/mol. The van der Waals surface area contributed by atoms with E-state index in [1.54, 1.807) is 0 Å². The molecule has 0 aromatic rings. The average Bonchev–Trinajstić information content (AvgIpc) is 1.78. The van der Waals surface area contributed by atoms with Gasteiger partial charge >= 0.3 is 0 Å². The molecule has 9 heavy (non-hydrogen) atoms. The molecule has 0 aromatic carbocycles. The zero-order valence-electron chi connectivity index (χ0n) is 5.89. The fraction of sp³-hybridized carbons (Fsp3) is 0.500. The molecule has 0 bridgehead atoms. The summed E-state index contributed by atoms with van der Waals surface area (Å²) in [4.78, 5) is 0. The van der Waals surface area contributed by atoms with Gasteiger partial charge in [0.25, 0.3) is 0 Å². The minimum Gasteiger partial charge on any atom is -0.386 e. The molecule has 1 N–H and O–H groups in total. The van der Waals surface area contributed by atoms with Crippen LogP contribution in [0.5, 0.6) is 0 Å². The lowest BCUT2D eigenvalue weighted by Crippen LogP contribution is -2.21. The lowest BCUT2D eigenvalue weighted by Gasteiger charge is -2.19. The first-order chi connectivity index (χ1) is 4.10. The smallest absolute Gasteiger partial charge is 0.0837 e. The van der Waals surface area contributed by atoms with Crippen molar-refractivity contribution in [3.05, 3.63) is 23.8 Å². The Kier molecular flexibility index (Phi) is 1.45. The SMILES string of the molecule is CC1=CC[C@@](C)(O)C=C1. The fourth-order valence-electron chi connectivity index (χ4n) is 0.815. The van der Waals surface area contributed by atoms with Crippen LogP contribution in [0.1, 0.15) is 20.3 Å². The molecular weight excluding hydrogens is 112 g/mol. The molecule has 1 aliphatic carbocycles. The van der Waals surface area contributed by atoms with Gasteiger partial charge in [0, 0.05) is 0 Å². The summed E-state index contributed by atoms with van der Waals surface area (Å²) in [5.41, 5.74) is 0.640. The number of allylic oxidation sites excluding steroid dienone is 2. The maximum absolute atomic E-state index is 9.36. The maximum atomic E-state index is 9.36. The van der Waals surface area contributed by atoms with Gasteiger partial charge < -0.3 is 5.11 Å². The maximum Gasteiger partial charge on any atom is 0.0837 e. The Bertz CT molecular complexity index is 163. The highest BCUT2D eigenvalue weighted by Gasteiger charge is 2.16. The van der Waals surface area contributed by atoms with Gasteiger partial charge in [-0.05, 0) is 20.3 Å². The van der Waals surface area contributed by atoms with Crippen molar-refractivity contribution in [1.29, 1.82) is 0 Å². The summed E-state index contributed by atoms with van der Waals surface area (Å²) in [6.45, 7) is 3.85. The first kappa shape index (κ1) is 6.56. The van der Waals surface area contributed by atoms with Crippen molar-refractivity contribution in [1.82, 2.24) is 0 Å². The standard InChI is InChI=1S/C8H12O/c1-7-3-5-8(2,9)6-4-7/h3-5,9H,6H2,1-2H3/t8-/m0/s1. The number of hydrogen-bond acceptors (Lipinski definition) is 1. The van der Waals surface area contributed by atoms with Crippen LogP contribution in [-0.2, 0) is 0 Å². The molecule has 1 atom stereocenters. The van der Waals surface area contributed by atoms with Gasteiger partial charge in [0.2, 0.25) is 0 Å². The van der Waals surface area contributed by atoms with Crippen LogP contribution < -0.4 is 0 Å². The molecule has 0 saturated heterocycles. The molecule has 0 aliphatic heterocycles. The summed E-state index contributed by atoms with van der Waals surface area (Å²) in [6.07, 6.45) is 6.57. The van der Waals surface area contributed by atoms with Gasteiger partial charge in [-0.15, -0.1) is 0 Å². The summed E-state index contributed by atoms with van der Waals surface area (Å²) >= 11 is 0. The molecule has 0 heterocycles. The van der Waals surface area contributed by atoms with Crippen LogP contribution in [0, 0.1) is 0 Å². The highest BCUT2D eigenvalue weighted by atomic mass is 16.3. The molecule has 50 valence electrons. The zero-order valence-corrected chi connectivity index (χ0v) is 5.89. The normalized spacial score (nSPS) is 34.3. The predicted octanol–water partition coefficient (Wildman–Crippen LogP) is 1.64. The minimum absolute atomic E-state index is 0.598. The van der Waals surface area contributed by atoms with Crippen LogP contribution in [0.25, 0.3) is 0 Å². The van der Waals surface area contributed by atoms with E-state index in [-0.39, 0.29) is 0 Å². The van der Waals surface area contributed by atoms with Crippen molar-refractivity contribution in [3.63, 3.8) is 0 Å². The molecule has 1 heteroatoms. The molecule has 1 nitrogen and oxygen atoms in total. The van der Waals surface area contributed by atoms with E-state index in [1.807, 2.05) is 32.1 Å². The third-order valence-corrected chi connectivity index (χ3v) is 1.54. The highest BCUT2D eigenvalue weighted by molar-refractivity contribution is 5.24. The first-order valence-electron chi connectivity index (χ1n) is 3.18. The van der Waals surface area contributed by atoms with E-state index in [0.29, 0.717) is 0 Å². The van der Waals surface area contributed by atoms with Crippen LogP contribution in [0.2, 0.25) is 0 Å². The van der Waals surface area contributed by atoms with E-state index in [4.69, 9.17) is 0 Å². The van der Waals surface area contributed by atoms with E-state index in [1.165, 1.54) is 5.57 Å². The Morgan fingerprint density at radius 1 is 1.67 bits per heavy atom. The predicted molar refractivity (Wildman–Crippen MR) is 38.1 cm³/mol. The fourth-order valence-corrected chi connectivity index (χ4v) is 0.815. The van der Waals surface area contributed by atoms with Crippen LogP contribution in [0.15, 0.2) is 23.8 Å². The Morgan fingerprint density at radius 2 is 2.33 bits per heavy atom. The lowest BCUT2D eigenvalue weighted by atomic mass is 9.95. The number of rotatable bonds is 0. The van der Waals surface area contributed by atoms with Gasteiger partial charge in [-0.2, -0.15) is 0 Å². The molecule has 0 amide bonds. The van der Waals surface area contributed by atoms with Crippen molar-refractivity contribution in [2.45, 2.75) is 25.9 Å². The molecule has 0 radical (unpaired) electrons. The molecule has 0 spiro atoms. The van der Waals surface area contributed by atoms with E-state index in [2.05, 4.69) is 0 Å². The van der Waals surface area contributed by atoms with Crippen molar-refractivity contribution in [2.75, 3.05) is 0 Å². The third kappa shape index (κ3) is 1.68.